The summed E-state index contributed by atoms with van der Waals surface area (Å²) in [5, 5.41) is 9.12. The molecule has 0 aliphatic carbocycles. The van der Waals surface area contributed by atoms with E-state index in [4.69, 9.17) is 5.11 Å². The van der Waals surface area contributed by atoms with E-state index >= 15 is 0 Å². The van der Waals surface area contributed by atoms with Gasteiger partial charge in [-0.25, -0.2) is 0 Å². The molecule has 2 atom stereocenters. The highest BCUT2D eigenvalue weighted by molar-refractivity contribution is 4.91. The third-order valence-electron chi connectivity index (χ3n) is 3.24. The zero-order valence-corrected chi connectivity index (χ0v) is 7.74. The number of hydrogen-bond donors (Lipinski definition) is 1. The van der Waals surface area contributed by atoms with E-state index in [2.05, 4.69) is 16.8 Å². The molecule has 2 saturated heterocycles. The molecule has 0 radical (unpaired) electrons. The highest BCUT2D eigenvalue weighted by atomic mass is 16.3. The maximum absolute atomic E-state index is 9.12. The normalized spacial score (nSPS) is 38.5. The number of rotatable bonds is 1. The van der Waals surface area contributed by atoms with Crippen molar-refractivity contribution in [2.45, 2.75) is 24.9 Å². The molecule has 0 amide bonds. The van der Waals surface area contributed by atoms with Crippen LogP contribution in [0.4, 0.5) is 0 Å². The van der Waals surface area contributed by atoms with Crippen LogP contribution in [0.1, 0.15) is 12.8 Å². The Hall–Kier alpha value is -0.120. The Morgan fingerprint density at radius 3 is 2.92 bits per heavy atom. The van der Waals surface area contributed by atoms with Gasteiger partial charge in [0.05, 0.1) is 6.61 Å². The first-order valence-electron chi connectivity index (χ1n) is 4.86. The van der Waals surface area contributed by atoms with Crippen LogP contribution in [0, 0.1) is 0 Å². The molecule has 0 unspecified atom stereocenters. The number of fused-ring (bicyclic) bond motifs is 1. The molecule has 0 aromatic carbocycles. The molecule has 2 rings (SSSR count). The summed E-state index contributed by atoms with van der Waals surface area (Å²) < 4.78 is 0. The van der Waals surface area contributed by atoms with Crippen LogP contribution in [-0.4, -0.2) is 60.3 Å². The molecular formula is C9H18N2O. The van der Waals surface area contributed by atoms with Crippen molar-refractivity contribution in [3.63, 3.8) is 0 Å². The molecule has 0 aromatic heterocycles. The van der Waals surface area contributed by atoms with Crippen molar-refractivity contribution in [3.8, 4) is 0 Å². The van der Waals surface area contributed by atoms with Crippen molar-refractivity contribution in [2.24, 2.45) is 0 Å². The molecule has 2 aliphatic heterocycles. The van der Waals surface area contributed by atoms with Gasteiger partial charge in [0.25, 0.3) is 0 Å². The number of likely N-dealkylation sites (N-methyl/N-ethyl adjacent to an activating group) is 1. The number of nitrogens with zero attached hydrogens (tertiary/aromatic N) is 2. The van der Waals surface area contributed by atoms with Crippen LogP contribution in [0.5, 0.6) is 0 Å². The van der Waals surface area contributed by atoms with Gasteiger partial charge < -0.3 is 10.0 Å². The average Bonchev–Trinajstić information content (AvgIpc) is 2.46. The lowest BCUT2D eigenvalue weighted by Crippen LogP contribution is -2.51. The Morgan fingerprint density at radius 2 is 2.17 bits per heavy atom. The number of piperazine rings is 1. The number of hydrogen-bond acceptors (Lipinski definition) is 3. The number of aliphatic hydroxyl groups is 1. The molecule has 2 fully saturated rings. The topological polar surface area (TPSA) is 26.7 Å². The first kappa shape index (κ1) is 8.48. The van der Waals surface area contributed by atoms with Crippen molar-refractivity contribution in [1.82, 2.24) is 9.80 Å². The molecule has 0 spiro atoms. The van der Waals surface area contributed by atoms with Gasteiger partial charge in [-0.3, -0.25) is 4.90 Å². The fourth-order valence-electron chi connectivity index (χ4n) is 2.51. The molecule has 3 nitrogen and oxygen atoms in total. The summed E-state index contributed by atoms with van der Waals surface area (Å²) in [7, 11) is 2.18. The largest absolute Gasteiger partial charge is 0.395 e. The molecule has 12 heavy (non-hydrogen) atoms. The van der Waals surface area contributed by atoms with Crippen LogP contribution >= 0.6 is 0 Å². The van der Waals surface area contributed by atoms with Gasteiger partial charge in [-0.1, -0.05) is 0 Å². The summed E-state index contributed by atoms with van der Waals surface area (Å²) in [6, 6.07) is 1.18. The van der Waals surface area contributed by atoms with Crippen LogP contribution in [0.25, 0.3) is 0 Å². The summed E-state index contributed by atoms with van der Waals surface area (Å²) >= 11 is 0. The Bertz CT molecular complexity index is 163. The number of aliphatic hydroxyl groups excluding tert-OH is 1. The quantitative estimate of drug-likeness (QED) is 0.588. The standard InChI is InChI=1S/C9H18N2O/c1-10-4-5-11-8(6-10)2-3-9(11)7-12/h8-9,12H,2-7H2,1H3/t8-,9+/m0/s1. The lowest BCUT2D eigenvalue weighted by atomic mass is 10.2. The minimum absolute atomic E-state index is 0.347. The fourth-order valence-corrected chi connectivity index (χ4v) is 2.51. The fraction of sp³-hybridized carbons (Fsp3) is 1.00. The van der Waals surface area contributed by atoms with E-state index in [1.807, 2.05) is 0 Å². The molecule has 0 saturated carbocycles. The van der Waals surface area contributed by atoms with Crippen LogP contribution in [-0.2, 0) is 0 Å². The van der Waals surface area contributed by atoms with Gasteiger partial charge in [-0.15, -0.1) is 0 Å². The van der Waals surface area contributed by atoms with Crippen LogP contribution < -0.4 is 0 Å². The zero-order valence-electron chi connectivity index (χ0n) is 7.74. The summed E-state index contributed by atoms with van der Waals surface area (Å²) in [4.78, 5) is 4.88. The van der Waals surface area contributed by atoms with Crippen molar-refractivity contribution in [3.05, 3.63) is 0 Å². The molecule has 70 valence electrons. The molecule has 0 bridgehead atoms. The van der Waals surface area contributed by atoms with E-state index in [9.17, 15) is 0 Å². The third kappa shape index (κ3) is 1.37. The zero-order chi connectivity index (χ0) is 8.55. The molecule has 2 heterocycles. The molecule has 0 aromatic rings. The lowest BCUT2D eigenvalue weighted by molar-refractivity contribution is 0.0685. The van der Waals surface area contributed by atoms with Crippen LogP contribution in [0.2, 0.25) is 0 Å². The van der Waals surface area contributed by atoms with E-state index in [0.717, 1.165) is 19.1 Å². The Kier molecular flexibility index (Phi) is 2.35. The van der Waals surface area contributed by atoms with Crippen molar-refractivity contribution >= 4 is 0 Å². The molecule has 2 aliphatic rings. The minimum Gasteiger partial charge on any atom is -0.395 e. The molecular weight excluding hydrogens is 152 g/mol. The van der Waals surface area contributed by atoms with Crippen LogP contribution in [0.3, 0.4) is 0 Å². The van der Waals surface area contributed by atoms with Gasteiger partial charge in [0.1, 0.15) is 0 Å². The summed E-state index contributed by atoms with van der Waals surface area (Å²) in [5.41, 5.74) is 0. The van der Waals surface area contributed by atoms with Crippen molar-refractivity contribution in [2.75, 3.05) is 33.3 Å². The predicted molar refractivity (Wildman–Crippen MR) is 48.1 cm³/mol. The predicted octanol–water partition coefficient (Wildman–Crippen LogP) is -0.243. The van der Waals surface area contributed by atoms with Crippen molar-refractivity contribution < 1.29 is 5.11 Å². The second-order valence-electron chi connectivity index (χ2n) is 4.07. The van der Waals surface area contributed by atoms with Crippen LogP contribution in [0.15, 0.2) is 0 Å². The van der Waals surface area contributed by atoms with E-state index < -0.39 is 0 Å². The lowest BCUT2D eigenvalue weighted by Gasteiger charge is -2.37. The Balaban J connectivity index is 1.98. The highest BCUT2D eigenvalue weighted by Gasteiger charge is 2.35. The maximum Gasteiger partial charge on any atom is 0.0587 e. The first-order valence-corrected chi connectivity index (χ1v) is 4.86. The van der Waals surface area contributed by atoms with Crippen molar-refractivity contribution in [1.29, 1.82) is 0 Å². The molecule has 1 N–H and O–H groups in total. The van der Waals surface area contributed by atoms with Gasteiger partial charge in [0.2, 0.25) is 0 Å². The highest BCUT2D eigenvalue weighted by Crippen LogP contribution is 2.26. The van der Waals surface area contributed by atoms with Gasteiger partial charge in [0, 0.05) is 31.7 Å². The average molecular weight is 170 g/mol. The van der Waals surface area contributed by atoms with E-state index in [-0.39, 0.29) is 0 Å². The van der Waals surface area contributed by atoms with E-state index in [1.54, 1.807) is 0 Å². The third-order valence-corrected chi connectivity index (χ3v) is 3.24. The van der Waals surface area contributed by atoms with Gasteiger partial charge in [-0.2, -0.15) is 0 Å². The molecule has 3 heteroatoms. The second-order valence-corrected chi connectivity index (χ2v) is 4.07. The summed E-state index contributed by atoms with van der Waals surface area (Å²) in [6.45, 7) is 3.84. The minimum atomic E-state index is 0.347. The van der Waals surface area contributed by atoms with Gasteiger partial charge >= 0.3 is 0 Å². The Labute approximate surface area is 74.0 Å². The summed E-state index contributed by atoms with van der Waals surface area (Å²) in [5.74, 6) is 0. The monoisotopic (exact) mass is 170 g/mol. The summed E-state index contributed by atoms with van der Waals surface area (Å²) in [6.07, 6.45) is 2.46. The maximum atomic E-state index is 9.12. The van der Waals surface area contributed by atoms with E-state index in [0.29, 0.717) is 12.6 Å². The Morgan fingerprint density at radius 1 is 1.33 bits per heavy atom. The van der Waals surface area contributed by atoms with Gasteiger partial charge in [-0.05, 0) is 19.9 Å². The second kappa shape index (κ2) is 3.32. The van der Waals surface area contributed by atoms with E-state index in [1.165, 1.54) is 19.4 Å². The smallest absolute Gasteiger partial charge is 0.0587 e. The SMILES string of the molecule is CN1CCN2[C@@H](CO)CC[C@H]2C1. The van der Waals surface area contributed by atoms with Gasteiger partial charge in [0.15, 0.2) is 0 Å². The first-order chi connectivity index (χ1) is 5.81.